The van der Waals surface area contributed by atoms with Gasteiger partial charge in [-0.25, -0.2) is 0 Å². The second-order valence-electron chi connectivity index (χ2n) is 5.08. The van der Waals surface area contributed by atoms with E-state index in [1.807, 2.05) is 18.2 Å². The van der Waals surface area contributed by atoms with E-state index in [0.717, 1.165) is 29.7 Å². The van der Waals surface area contributed by atoms with Crippen LogP contribution in [0.25, 0.3) is 11.0 Å². The Morgan fingerprint density at radius 2 is 2.05 bits per heavy atom. The van der Waals surface area contributed by atoms with E-state index in [1.54, 1.807) is 0 Å². The molecule has 104 valence electrons. The first-order valence-electron chi connectivity index (χ1n) is 7.04. The lowest BCUT2D eigenvalue weighted by Gasteiger charge is -2.17. The lowest BCUT2D eigenvalue weighted by molar-refractivity contribution is 0.0571. The Kier molecular flexibility index (Phi) is 5.00. The third kappa shape index (κ3) is 3.82. The van der Waals surface area contributed by atoms with Crippen LogP contribution in [0.5, 0.6) is 0 Å². The van der Waals surface area contributed by atoms with Gasteiger partial charge >= 0.3 is 0 Å². The zero-order valence-corrected chi connectivity index (χ0v) is 12.0. The van der Waals surface area contributed by atoms with Crippen LogP contribution in [-0.4, -0.2) is 19.3 Å². The van der Waals surface area contributed by atoms with Gasteiger partial charge in [-0.05, 0) is 38.9 Å². The number of furan rings is 1. The molecule has 2 rings (SSSR count). The fourth-order valence-electron chi connectivity index (χ4n) is 2.02. The van der Waals surface area contributed by atoms with E-state index in [-0.39, 0.29) is 12.1 Å². The molecule has 0 radical (unpaired) electrons. The van der Waals surface area contributed by atoms with Crippen molar-refractivity contribution in [3.63, 3.8) is 0 Å². The van der Waals surface area contributed by atoms with Gasteiger partial charge in [0.05, 0.1) is 18.8 Å². The molecule has 0 bridgehead atoms. The standard InChI is InChI=1S/C16H23NO2/c1-4-9-17-14(11-18-12(2)3)16-10-13-7-5-6-8-15(13)19-16/h5-8,10,12,14,17H,4,9,11H2,1-3H3. The molecule has 1 aromatic heterocycles. The van der Waals surface area contributed by atoms with Crippen molar-refractivity contribution in [3.8, 4) is 0 Å². The third-order valence-corrected chi connectivity index (χ3v) is 3.02. The Morgan fingerprint density at radius 3 is 2.74 bits per heavy atom. The molecule has 0 amide bonds. The predicted molar refractivity (Wildman–Crippen MR) is 78.3 cm³/mol. The zero-order valence-electron chi connectivity index (χ0n) is 12.0. The zero-order chi connectivity index (χ0) is 13.7. The van der Waals surface area contributed by atoms with Crippen LogP contribution in [-0.2, 0) is 4.74 Å². The Bertz CT molecular complexity index is 471. The summed E-state index contributed by atoms with van der Waals surface area (Å²) >= 11 is 0. The summed E-state index contributed by atoms with van der Waals surface area (Å²) in [7, 11) is 0. The number of rotatable bonds is 7. The fourth-order valence-corrected chi connectivity index (χ4v) is 2.02. The molecule has 1 heterocycles. The van der Waals surface area contributed by atoms with Gasteiger partial charge in [0.1, 0.15) is 11.3 Å². The van der Waals surface area contributed by atoms with Gasteiger partial charge < -0.3 is 14.5 Å². The molecular formula is C16H23NO2. The van der Waals surface area contributed by atoms with E-state index >= 15 is 0 Å². The highest BCUT2D eigenvalue weighted by Crippen LogP contribution is 2.24. The highest BCUT2D eigenvalue weighted by atomic mass is 16.5. The lowest BCUT2D eigenvalue weighted by atomic mass is 10.2. The van der Waals surface area contributed by atoms with Crippen LogP contribution in [0, 0.1) is 0 Å². The summed E-state index contributed by atoms with van der Waals surface area (Å²) < 4.78 is 11.6. The monoisotopic (exact) mass is 261 g/mol. The summed E-state index contributed by atoms with van der Waals surface area (Å²) in [5.74, 6) is 0.954. The van der Waals surface area contributed by atoms with Gasteiger partial charge in [-0.1, -0.05) is 25.1 Å². The van der Waals surface area contributed by atoms with Crippen molar-refractivity contribution in [3.05, 3.63) is 36.1 Å². The van der Waals surface area contributed by atoms with Gasteiger partial charge in [-0.3, -0.25) is 0 Å². The maximum atomic E-state index is 5.92. The normalized spacial score (nSPS) is 13.3. The van der Waals surface area contributed by atoms with E-state index in [1.165, 1.54) is 0 Å². The van der Waals surface area contributed by atoms with Gasteiger partial charge in [0.15, 0.2) is 0 Å². The van der Waals surface area contributed by atoms with Crippen LogP contribution in [0.2, 0.25) is 0 Å². The highest BCUT2D eigenvalue weighted by molar-refractivity contribution is 5.77. The van der Waals surface area contributed by atoms with Crippen molar-refractivity contribution >= 4 is 11.0 Å². The molecule has 0 spiro atoms. The van der Waals surface area contributed by atoms with E-state index < -0.39 is 0 Å². The largest absolute Gasteiger partial charge is 0.459 e. The molecule has 0 aliphatic heterocycles. The second-order valence-corrected chi connectivity index (χ2v) is 5.08. The van der Waals surface area contributed by atoms with E-state index in [2.05, 4.69) is 38.2 Å². The molecule has 1 N–H and O–H groups in total. The minimum atomic E-state index is 0.120. The smallest absolute Gasteiger partial charge is 0.134 e. The molecule has 0 aliphatic carbocycles. The average molecular weight is 261 g/mol. The Hall–Kier alpha value is -1.32. The first-order valence-corrected chi connectivity index (χ1v) is 7.04. The molecule has 1 atom stereocenters. The van der Waals surface area contributed by atoms with Crippen molar-refractivity contribution in [2.45, 2.75) is 39.3 Å². The number of ether oxygens (including phenoxy) is 1. The SMILES string of the molecule is CCCNC(COC(C)C)c1cc2ccccc2o1. The lowest BCUT2D eigenvalue weighted by Crippen LogP contribution is -2.27. The van der Waals surface area contributed by atoms with E-state index in [9.17, 15) is 0 Å². The van der Waals surface area contributed by atoms with Crippen molar-refractivity contribution in [1.82, 2.24) is 5.32 Å². The van der Waals surface area contributed by atoms with Gasteiger partial charge in [0, 0.05) is 5.39 Å². The first kappa shape index (κ1) is 14.1. The molecule has 0 aliphatic rings. The molecule has 3 heteroatoms. The van der Waals surface area contributed by atoms with Crippen LogP contribution in [0.1, 0.15) is 39.0 Å². The molecule has 1 aromatic carbocycles. The Labute approximate surface area is 114 Å². The number of hydrogen-bond acceptors (Lipinski definition) is 3. The number of nitrogens with one attached hydrogen (secondary N) is 1. The maximum Gasteiger partial charge on any atom is 0.134 e. The summed E-state index contributed by atoms with van der Waals surface area (Å²) in [5, 5.41) is 4.63. The molecule has 0 fully saturated rings. The summed E-state index contributed by atoms with van der Waals surface area (Å²) in [5.41, 5.74) is 0.936. The van der Waals surface area contributed by atoms with Crippen LogP contribution in [0.3, 0.4) is 0 Å². The summed E-state index contributed by atoms with van der Waals surface area (Å²) in [6, 6.07) is 10.3. The van der Waals surface area contributed by atoms with E-state index in [4.69, 9.17) is 9.15 Å². The third-order valence-electron chi connectivity index (χ3n) is 3.02. The summed E-state index contributed by atoms with van der Waals surface area (Å²) in [6.07, 6.45) is 1.33. The van der Waals surface area contributed by atoms with Crippen LogP contribution in [0.4, 0.5) is 0 Å². The van der Waals surface area contributed by atoms with Crippen LogP contribution < -0.4 is 5.32 Å². The second kappa shape index (κ2) is 6.73. The molecule has 0 saturated heterocycles. The van der Waals surface area contributed by atoms with Crippen molar-refractivity contribution < 1.29 is 9.15 Å². The molecular weight excluding hydrogens is 238 g/mol. The predicted octanol–water partition coefficient (Wildman–Crippen LogP) is 3.90. The van der Waals surface area contributed by atoms with Crippen molar-refractivity contribution in [2.24, 2.45) is 0 Å². The van der Waals surface area contributed by atoms with Crippen molar-refractivity contribution in [1.29, 1.82) is 0 Å². The fraction of sp³-hybridized carbons (Fsp3) is 0.500. The number of fused-ring (bicyclic) bond motifs is 1. The topological polar surface area (TPSA) is 34.4 Å². The van der Waals surface area contributed by atoms with Crippen molar-refractivity contribution in [2.75, 3.05) is 13.2 Å². The Balaban J connectivity index is 2.15. The molecule has 19 heavy (non-hydrogen) atoms. The Morgan fingerprint density at radius 1 is 1.26 bits per heavy atom. The molecule has 0 saturated carbocycles. The average Bonchev–Trinajstić information content (AvgIpc) is 2.82. The minimum absolute atomic E-state index is 0.120. The number of para-hydroxylation sites is 1. The summed E-state index contributed by atoms with van der Waals surface area (Å²) in [6.45, 7) is 7.86. The maximum absolute atomic E-state index is 5.92. The molecule has 1 unspecified atom stereocenters. The molecule has 3 nitrogen and oxygen atoms in total. The number of benzene rings is 1. The van der Waals surface area contributed by atoms with E-state index in [0.29, 0.717) is 6.61 Å². The van der Waals surface area contributed by atoms with Gasteiger partial charge in [-0.15, -0.1) is 0 Å². The van der Waals surface area contributed by atoms with Gasteiger partial charge in [0.25, 0.3) is 0 Å². The first-order chi connectivity index (χ1) is 9.20. The highest BCUT2D eigenvalue weighted by Gasteiger charge is 2.16. The van der Waals surface area contributed by atoms with Crippen LogP contribution in [0.15, 0.2) is 34.7 Å². The van der Waals surface area contributed by atoms with Gasteiger partial charge in [0.2, 0.25) is 0 Å². The minimum Gasteiger partial charge on any atom is -0.459 e. The summed E-state index contributed by atoms with van der Waals surface area (Å²) in [4.78, 5) is 0. The number of hydrogen-bond donors (Lipinski definition) is 1. The molecule has 2 aromatic rings. The quantitative estimate of drug-likeness (QED) is 0.821. The van der Waals surface area contributed by atoms with Crippen LogP contribution >= 0.6 is 0 Å². The van der Waals surface area contributed by atoms with Gasteiger partial charge in [-0.2, -0.15) is 0 Å².